The van der Waals surface area contributed by atoms with Gasteiger partial charge in [-0.3, -0.25) is 0 Å². The molecule has 1 N–H and O–H groups in total. The summed E-state index contributed by atoms with van der Waals surface area (Å²) in [5.74, 6) is 0.291. The van der Waals surface area contributed by atoms with Crippen molar-refractivity contribution in [3.63, 3.8) is 0 Å². The van der Waals surface area contributed by atoms with Gasteiger partial charge in [0, 0.05) is 12.5 Å². The highest BCUT2D eigenvalue weighted by Crippen LogP contribution is 2.18. The van der Waals surface area contributed by atoms with E-state index in [0.29, 0.717) is 12.3 Å². The summed E-state index contributed by atoms with van der Waals surface area (Å²) in [4.78, 5) is 0. The van der Waals surface area contributed by atoms with Crippen LogP contribution in [0.5, 0.6) is 0 Å². The van der Waals surface area contributed by atoms with Crippen LogP contribution >= 0.6 is 0 Å². The molecule has 60 valence electrons. The molecule has 2 unspecified atom stereocenters. The van der Waals surface area contributed by atoms with Crippen molar-refractivity contribution < 1.29 is 4.39 Å². The van der Waals surface area contributed by atoms with E-state index >= 15 is 0 Å². The van der Waals surface area contributed by atoms with Crippen LogP contribution in [-0.4, -0.2) is 19.3 Å². The molecule has 0 amide bonds. The Kier molecular flexibility index (Phi) is 3.13. The van der Waals surface area contributed by atoms with Crippen LogP contribution < -0.4 is 5.32 Å². The van der Waals surface area contributed by atoms with Crippen molar-refractivity contribution >= 4 is 0 Å². The van der Waals surface area contributed by atoms with Gasteiger partial charge in [-0.1, -0.05) is 6.92 Å². The Hall–Kier alpha value is -0.110. The molecule has 1 rings (SSSR count). The second kappa shape index (κ2) is 3.91. The highest BCUT2D eigenvalue weighted by atomic mass is 19.1. The largest absolute Gasteiger partial charge is 0.316 e. The van der Waals surface area contributed by atoms with Crippen molar-refractivity contribution in [2.24, 2.45) is 5.92 Å². The maximum absolute atomic E-state index is 13.0. The van der Waals surface area contributed by atoms with Crippen molar-refractivity contribution in [1.29, 1.82) is 0 Å². The highest BCUT2D eigenvalue weighted by Gasteiger charge is 2.20. The van der Waals surface area contributed by atoms with Crippen molar-refractivity contribution in [3.05, 3.63) is 0 Å². The molecule has 1 saturated heterocycles. The van der Waals surface area contributed by atoms with Gasteiger partial charge in [0.25, 0.3) is 0 Å². The minimum absolute atomic E-state index is 0.291. The SMILES string of the molecule is CCC(F)C1CCCNC1. The monoisotopic (exact) mass is 145 g/mol. The van der Waals surface area contributed by atoms with E-state index in [2.05, 4.69) is 5.32 Å². The number of rotatable bonds is 2. The zero-order valence-corrected chi connectivity index (χ0v) is 6.57. The number of hydrogen-bond donors (Lipinski definition) is 1. The molecule has 2 atom stereocenters. The third-order valence-electron chi connectivity index (χ3n) is 2.24. The average molecular weight is 145 g/mol. The molecule has 0 spiro atoms. The van der Waals surface area contributed by atoms with Crippen LogP contribution in [0.4, 0.5) is 4.39 Å². The maximum Gasteiger partial charge on any atom is 0.104 e. The first-order valence-electron chi connectivity index (χ1n) is 4.19. The number of halogens is 1. The Morgan fingerprint density at radius 1 is 1.70 bits per heavy atom. The van der Waals surface area contributed by atoms with E-state index in [1.807, 2.05) is 6.92 Å². The fourth-order valence-electron chi connectivity index (χ4n) is 1.52. The highest BCUT2D eigenvalue weighted by molar-refractivity contribution is 4.74. The lowest BCUT2D eigenvalue weighted by atomic mass is 9.93. The number of alkyl halides is 1. The third kappa shape index (κ3) is 1.94. The third-order valence-corrected chi connectivity index (χ3v) is 2.24. The van der Waals surface area contributed by atoms with Gasteiger partial charge in [0.05, 0.1) is 0 Å². The van der Waals surface area contributed by atoms with Crippen molar-refractivity contribution in [2.45, 2.75) is 32.4 Å². The van der Waals surface area contributed by atoms with Crippen molar-refractivity contribution in [3.8, 4) is 0 Å². The van der Waals surface area contributed by atoms with E-state index in [1.165, 1.54) is 0 Å². The molecule has 0 aliphatic carbocycles. The summed E-state index contributed by atoms with van der Waals surface area (Å²) < 4.78 is 13.0. The first-order chi connectivity index (χ1) is 4.84. The van der Waals surface area contributed by atoms with Gasteiger partial charge < -0.3 is 5.32 Å². The lowest BCUT2D eigenvalue weighted by Gasteiger charge is -2.24. The molecule has 10 heavy (non-hydrogen) atoms. The molecule has 1 aliphatic rings. The first-order valence-corrected chi connectivity index (χ1v) is 4.19. The summed E-state index contributed by atoms with van der Waals surface area (Å²) in [6, 6.07) is 0. The topological polar surface area (TPSA) is 12.0 Å². The summed E-state index contributed by atoms with van der Waals surface area (Å²) in [6.07, 6.45) is 2.31. The van der Waals surface area contributed by atoms with Crippen LogP contribution in [0.1, 0.15) is 26.2 Å². The van der Waals surface area contributed by atoms with Crippen LogP contribution in [-0.2, 0) is 0 Å². The summed E-state index contributed by atoms with van der Waals surface area (Å²) >= 11 is 0. The lowest BCUT2D eigenvalue weighted by molar-refractivity contribution is 0.187. The summed E-state index contributed by atoms with van der Waals surface area (Å²) in [5.41, 5.74) is 0. The molecule has 0 bridgehead atoms. The standard InChI is InChI=1S/C8H16FN/c1-2-8(9)7-4-3-5-10-6-7/h7-8,10H,2-6H2,1H3. The van der Waals surface area contributed by atoms with Crippen LogP contribution in [0.15, 0.2) is 0 Å². The predicted molar refractivity (Wildman–Crippen MR) is 40.8 cm³/mol. The maximum atomic E-state index is 13.0. The molecule has 1 fully saturated rings. The van der Waals surface area contributed by atoms with Gasteiger partial charge >= 0.3 is 0 Å². The molecule has 1 aliphatic heterocycles. The fraction of sp³-hybridized carbons (Fsp3) is 1.00. The first kappa shape index (κ1) is 7.99. The molecule has 0 aromatic heterocycles. The van der Waals surface area contributed by atoms with Gasteiger partial charge in [0.15, 0.2) is 0 Å². The molecular weight excluding hydrogens is 129 g/mol. The summed E-state index contributed by atoms with van der Waals surface area (Å²) in [7, 11) is 0. The van der Waals surface area contributed by atoms with E-state index in [9.17, 15) is 4.39 Å². The van der Waals surface area contributed by atoms with E-state index in [1.54, 1.807) is 0 Å². The Morgan fingerprint density at radius 2 is 2.50 bits per heavy atom. The summed E-state index contributed by atoms with van der Waals surface area (Å²) in [5, 5.41) is 3.21. The van der Waals surface area contributed by atoms with E-state index < -0.39 is 6.17 Å². The predicted octanol–water partition coefficient (Wildman–Crippen LogP) is 1.73. The van der Waals surface area contributed by atoms with Gasteiger partial charge in [-0.15, -0.1) is 0 Å². The van der Waals surface area contributed by atoms with E-state index in [-0.39, 0.29) is 0 Å². The Balaban J connectivity index is 2.24. The molecular formula is C8H16FN. The molecule has 1 nitrogen and oxygen atoms in total. The molecule has 0 aromatic rings. The molecule has 2 heteroatoms. The second-order valence-electron chi connectivity index (χ2n) is 3.03. The quantitative estimate of drug-likeness (QED) is 0.624. The van der Waals surface area contributed by atoms with Crippen molar-refractivity contribution in [2.75, 3.05) is 13.1 Å². The van der Waals surface area contributed by atoms with E-state index in [4.69, 9.17) is 0 Å². The van der Waals surface area contributed by atoms with Gasteiger partial charge in [0.2, 0.25) is 0 Å². The Morgan fingerprint density at radius 3 is 3.00 bits per heavy atom. The van der Waals surface area contributed by atoms with Crippen LogP contribution in [0.3, 0.4) is 0 Å². The van der Waals surface area contributed by atoms with Gasteiger partial charge in [-0.25, -0.2) is 4.39 Å². The average Bonchev–Trinajstić information content (AvgIpc) is 2.05. The number of nitrogens with one attached hydrogen (secondary N) is 1. The van der Waals surface area contributed by atoms with Gasteiger partial charge in [-0.2, -0.15) is 0 Å². The second-order valence-corrected chi connectivity index (χ2v) is 3.03. The summed E-state index contributed by atoms with van der Waals surface area (Å²) in [6.45, 7) is 3.88. The minimum atomic E-state index is -0.576. The zero-order valence-electron chi connectivity index (χ0n) is 6.57. The van der Waals surface area contributed by atoms with Crippen molar-refractivity contribution in [1.82, 2.24) is 5.32 Å². The van der Waals surface area contributed by atoms with E-state index in [0.717, 1.165) is 25.9 Å². The smallest absolute Gasteiger partial charge is 0.104 e. The normalized spacial score (nSPS) is 30.0. The van der Waals surface area contributed by atoms with Crippen LogP contribution in [0.25, 0.3) is 0 Å². The van der Waals surface area contributed by atoms with Crippen LogP contribution in [0.2, 0.25) is 0 Å². The Labute approximate surface area is 62.0 Å². The van der Waals surface area contributed by atoms with Gasteiger partial charge in [-0.05, 0) is 25.8 Å². The van der Waals surface area contributed by atoms with Crippen LogP contribution in [0, 0.1) is 5.92 Å². The number of piperidine rings is 1. The zero-order chi connectivity index (χ0) is 7.40. The lowest BCUT2D eigenvalue weighted by Crippen LogP contribution is -2.34. The van der Waals surface area contributed by atoms with Gasteiger partial charge in [0.1, 0.15) is 6.17 Å². The fourth-order valence-corrected chi connectivity index (χ4v) is 1.52. The molecule has 0 aromatic carbocycles. The number of hydrogen-bond acceptors (Lipinski definition) is 1. The molecule has 1 heterocycles. The Bertz CT molecular complexity index is 89.3. The minimum Gasteiger partial charge on any atom is -0.316 e. The molecule has 0 radical (unpaired) electrons. The molecule has 0 saturated carbocycles.